The van der Waals surface area contributed by atoms with Crippen LogP contribution in [0.25, 0.3) is 0 Å². The molecule has 1 aliphatic rings. The summed E-state index contributed by atoms with van der Waals surface area (Å²) >= 11 is 0. The fourth-order valence-electron chi connectivity index (χ4n) is 3.29. The molecule has 1 amide bonds. The number of ether oxygens (including phenoxy) is 1. The van der Waals surface area contributed by atoms with Crippen molar-refractivity contribution in [3.05, 3.63) is 59.9 Å². The third kappa shape index (κ3) is 6.72. The van der Waals surface area contributed by atoms with Crippen LogP contribution in [-0.4, -0.2) is 66.7 Å². The number of aliphatic hydroxyl groups excluding tert-OH is 1. The Balaban J connectivity index is 1.40. The number of hydrogen-bond acceptors (Lipinski definition) is 5. The van der Waals surface area contributed by atoms with E-state index in [1.165, 1.54) is 36.4 Å². The van der Waals surface area contributed by atoms with Crippen LogP contribution >= 0.6 is 0 Å². The number of carbonyl (C=O) groups is 1. The van der Waals surface area contributed by atoms with E-state index >= 15 is 0 Å². The Morgan fingerprint density at radius 1 is 1.00 bits per heavy atom. The van der Waals surface area contributed by atoms with Gasteiger partial charge in [0.2, 0.25) is 5.91 Å². The summed E-state index contributed by atoms with van der Waals surface area (Å²) in [6, 6.07) is 11.6. The van der Waals surface area contributed by atoms with Gasteiger partial charge in [0.05, 0.1) is 12.6 Å². The van der Waals surface area contributed by atoms with Crippen LogP contribution in [0.1, 0.15) is 11.7 Å². The van der Waals surface area contributed by atoms with Crippen molar-refractivity contribution in [3.8, 4) is 5.75 Å². The Morgan fingerprint density at radius 2 is 1.60 bits per heavy atom. The summed E-state index contributed by atoms with van der Waals surface area (Å²) in [6.07, 6.45) is -0.751. The van der Waals surface area contributed by atoms with Crippen LogP contribution < -0.4 is 10.1 Å². The molecule has 1 aliphatic heterocycles. The molecule has 1 unspecified atom stereocenters. The second-order valence-electron chi connectivity index (χ2n) is 7.10. The molecule has 0 radical (unpaired) electrons. The van der Waals surface area contributed by atoms with Crippen LogP contribution in [0, 0.1) is 5.82 Å². The molecule has 2 aromatic carbocycles. The Labute approximate surface area is 172 Å². The number of aliphatic hydroxyl groups is 1. The number of piperazine rings is 1. The number of hydrogen-bond donors (Lipinski definition) is 2. The highest BCUT2D eigenvalue weighted by molar-refractivity contribution is 5.92. The smallest absolute Gasteiger partial charge is 0.387 e. The quantitative estimate of drug-likeness (QED) is 0.684. The van der Waals surface area contributed by atoms with Crippen LogP contribution in [0.3, 0.4) is 0 Å². The first-order valence-corrected chi connectivity index (χ1v) is 9.62. The molecule has 0 spiro atoms. The molecule has 3 rings (SSSR count). The predicted molar refractivity (Wildman–Crippen MR) is 106 cm³/mol. The Morgan fingerprint density at radius 3 is 2.20 bits per heavy atom. The highest BCUT2D eigenvalue weighted by Crippen LogP contribution is 2.20. The number of carbonyl (C=O) groups excluding carboxylic acids is 1. The van der Waals surface area contributed by atoms with Gasteiger partial charge in [0.25, 0.3) is 0 Å². The lowest BCUT2D eigenvalue weighted by Crippen LogP contribution is -2.49. The van der Waals surface area contributed by atoms with Gasteiger partial charge < -0.3 is 15.2 Å². The van der Waals surface area contributed by atoms with E-state index in [4.69, 9.17) is 0 Å². The van der Waals surface area contributed by atoms with Crippen molar-refractivity contribution in [2.45, 2.75) is 12.7 Å². The van der Waals surface area contributed by atoms with Crippen LogP contribution in [0.2, 0.25) is 0 Å². The lowest BCUT2D eigenvalue weighted by molar-refractivity contribution is -0.117. The van der Waals surface area contributed by atoms with Crippen molar-refractivity contribution in [3.63, 3.8) is 0 Å². The van der Waals surface area contributed by atoms with Crippen molar-refractivity contribution < 1.29 is 27.8 Å². The Hall–Kier alpha value is -2.62. The summed E-state index contributed by atoms with van der Waals surface area (Å²) in [5.41, 5.74) is 1.17. The second-order valence-corrected chi connectivity index (χ2v) is 7.10. The third-order valence-corrected chi connectivity index (χ3v) is 4.88. The maximum Gasteiger partial charge on any atom is 0.387 e. The van der Waals surface area contributed by atoms with E-state index < -0.39 is 12.7 Å². The highest BCUT2D eigenvalue weighted by Gasteiger charge is 2.21. The molecular weight excluding hydrogens is 399 g/mol. The van der Waals surface area contributed by atoms with Gasteiger partial charge in [-0.25, -0.2) is 4.39 Å². The molecule has 162 valence electrons. The molecule has 0 saturated carbocycles. The summed E-state index contributed by atoms with van der Waals surface area (Å²) in [6.45, 7) is 0.482. The molecule has 0 aromatic heterocycles. The zero-order valence-corrected chi connectivity index (χ0v) is 16.3. The number of halogens is 3. The zero-order valence-electron chi connectivity index (χ0n) is 16.3. The zero-order chi connectivity index (χ0) is 21.5. The first-order chi connectivity index (χ1) is 14.4. The van der Waals surface area contributed by atoms with Crippen LogP contribution in [-0.2, 0) is 4.79 Å². The number of anilines is 1. The summed E-state index contributed by atoms with van der Waals surface area (Å²) in [5.74, 6) is -0.474. The average Bonchev–Trinajstić information content (AvgIpc) is 2.71. The molecule has 1 atom stereocenters. The predicted octanol–water partition coefficient (Wildman–Crippen LogP) is 2.72. The Bertz CT molecular complexity index is 810. The fourth-order valence-corrected chi connectivity index (χ4v) is 3.29. The van der Waals surface area contributed by atoms with Gasteiger partial charge in [-0.2, -0.15) is 8.78 Å². The summed E-state index contributed by atoms with van der Waals surface area (Å²) in [5, 5.41) is 13.1. The van der Waals surface area contributed by atoms with Crippen LogP contribution in [0.15, 0.2) is 48.5 Å². The van der Waals surface area contributed by atoms with Crippen LogP contribution in [0.4, 0.5) is 18.9 Å². The monoisotopic (exact) mass is 423 g/mol. The van der Waals surface area contributed by atoms with E-state index in [2.05, 4.69) is 15.0 Å². The number of alkyl halides is 2. The molecule has 2 aromatic rings. The van der Waals surface area contributed by atoms with Gasteiger partial charge in [-0.15, -0.1) is 0 Å². The first kappa shape index (κ1) is 22.1. The van der Waals surface area contributed by atoms with E-state index in [1.54, 1.807) is 12.1 Å². The normalized spacial score (nSPS) is 16.4. The fraction of sp³-hybridized carbons (Fsp3) is 0.381. The third-order valence-electron chi connectivity index (χ3n) is 4.88. The van der Waals surface area contributed by atoms with Gasteiger partial charge in [-0.3, -0.25) is 14.6 Å². The topological polar surface area (TPSA) is 65.0 Å². The summed E-state index contributed by atoms with van der Waals surface area (Å²) < 4.78 is 41.6. The minimum Gasteiger partial charge on any atom is -0.435 e. The molecular formula is C21H24F3N3O3. The van der Waals surface area contributed by atoms with Crippen molar-refractivity contribution in [1.82, 2.24) is 9.80 Å². The van der Waals surface area contributed by atoms with E-state index in [-0.39, 0.29) is 24.0 Å². The van der Waals surface area contributed by atoms with E-state index in [9.17, 15) is 23.1 Å². The summed E-state index contributed by atoms with van der Waals surface area (Å²) in [7, 11) is 0. The van der Waals surface area contributed by atoms with Crippen molar-refractivity contribution >= 4 is 11.6 Å². The maximum atomic E-state index is 12.9. The number of nitrogens with one attached hydrogen (secondary N) is 1. The van der Waals surface area contributed by atoms with Gasteiger partial charge in [0.15, 0.2) is 0 Å². The molecule has 2 N–H and O–H groups in total. The minimum atomic E-state index is -2.88. The van der Waals surface area contributed by atoms with Crippen molar-refractivity contribution in [1.29, 1.82) is 0 Å². The van der Waals surface area contributed by atoms with Gasteiger partial charge in [0, 0.05) is 38.4 Å². The minimum absolute atomic E-state index is 0.0495. The van der Waals surface area contributed by atoms with Crippen molar-refractivity contribution in [2.24, 2.45) is 0 Å². The van der Waals surface area contributed by atoms with Gasteiger partial charge in [-0.05, 0) is 42.0 Å². The maximum absolute atomic E-state index is 12.9. The van der Waals surface area contributed by atoms with E-state index in [1.807, 2.05) is 4.90 Å². The lowest BCUT2D eigenvalue weighted by Gasteiger charge is -2.35. The highest BCUT2D eigenvalue weighted by atomic mass is 19.3. The lowest BCUT2D eigenvalue weighted by atomic mass is 10.1. The molecule has 0 bridgehead atoms. The van der Waals surface area contributed by atoms with Crippen LogP contribution in [0.5, 0.6) is 5.75 Å². The number of benzene rings is 2. The number of amides is 1. The molecule has 30 heavy (non-hydrogen) atoms. The number of rotatable bonds is 8. The van der Waals surface area contributed by atoms with Crippen molar-refractivity contribution in [2.75, 3.05) is 44.6 Å². The van der Waals surface area contributed by atoms with E-state index in [0.29, 0.717) is 44.0 Å². The van der Waals surface area contributed by atoms with Gasteiger partial charge >= 0.3 is 6.61 Å². The average molecular weight is 423 g/mol. The second kappa shape index (κ2) is 10.4. The number of nitrogens with zero attached hydrogens (tertiary/aromatic N) is 2. The molecule has 1 saturated heterocycles. The largest absolute Gasteiger partial charge is 0.435 e. The molecule has 9 heteroatoms. The summed E-state index contributed by atoms with van der Waals surface area (Å²) in [4.78, 5) is 16.2. The first-order valence-electron chi connectivity index (χ1n) is 9.62. The van der Waals surface area contributed by atoms with E-state index in [0.717, 1.165) is 0 Å². The molecule has 1 heterocycles. The molecule has 1 fully saturated rings. The van der Waals surface area contributed by atoms with Gasteiger partial charge in [-0.1, -0.05) is 12.1 Å². The number of β-amino-alcohol motifs (C(OH)–C–C–N with tert-alkyl or cyclic N) is 1. The molecule has 0 aliphatic carbocycles. The SMILES string of the molecule is O=C(CN1CCN(CC(O)c2ccc(OC(F)F)cc2)CC1)Nc1ccc(F)cc1. The Kier molecular flexibility index (Phi) is 7.67. The standard InChI is InChI=1S/C21H24F3N3O3/c22-16-3-5-17(6-4-16)25-20(29)14-27-11-9-26(10-12-27)13-19(28)15-1-7-18(8-2-15)30-21(23)24/h1-8,19,21,28H,9-14H2,(H,25,29). The molecule has 6 nitrogen and oxygen atoms in total. The van der Waals surface area contributed by atoms with Gasteiger partial charge in [0.1, 0.15) is 11.6 Å².